The highest BCUT2D eigenvalue weighted by molar-refractivity contribution is 5.98. The van der Waals surface area contributed by atoms with E-state index in [4.69, 9.17) is 9.47 Å². The van der Waals surface area contributed by atoms with Gasteiger partial charge < -0.3 is 20.1 Å². The fourth-order valence-corrected chi connectivity index (χ4v) is 3.28. The summed E-state index contributed by atoms with van der Waals surface area (Å²) in [5, 5.41) is 5.88. The summed E-state index contributed by atoms with van der Waals surface area (Å²) >= 11 is 0. The Balaban J connectivity index is 2.11. The molecule has 2 aromatic rings. The van der Waals surface area contributed by atoms with Crippen LogP contribution in [0.2, 0.25) is 0 Å². The third-order valence-electron chi connectivity index (χ3n) is 5.35. The van der Waals surface area contributed by atoms with Gasteiger partial charge in [-0.2, -0.15) is 0 Å². The van der Waals surface area contributed by atoms with E-state index in [-0.39, 0.29) is 23.1 Å². The average Bonchev–Trinajstić information content (AvgIpc) is 2.75. The van der Waals surface area contributed by atoms with Crippen molar-refractivity contribution in [2.45, 2.75) is 46.1 Å². The highest BCUT2D eigenvalue weighted by Gasteiger charge is 2.28. The van der Waals surface area contributed by atoms with Crippen LogP contribution < -0.4 is 20.1 Å². The minimum Gasteiger partial charge on any atom is -0.497 e. The summed E-state index contributed by atoms with van der Waals surface area (Å²) in [5.41, 5.74) is 2.46. The molecule has 168 valence electrons. The monoisotopic (exact) mass is 426 g/mol. The fraction of sp³-hybridized carbons (Fsp3) is 0.440. The Labute approximate surface area is 185 Å². The predicted octanol–water partition coefficient (Wildman–Crippen LogP) is 3.86. The van der Waals surface area contributed by atoms with Crippen LogP contribution in [0.3, 0.4) is 0 Å². The van der Waals surface area contributed by atoms with E-state index < -0.39 is 6.04 Å². The lowest BCUT2D eigenvalue weighted by molar-refractivity contribution is -0.124. The highest BCUT2D eigenvalue weighted by Crippen LogP contribution is 2.24. The Kier molecular flexibility index (Phi) is 8.08. The van der Waals surface area contributed by atoms with Crippen molar-refractivity contribution in [1.29, 1.82) is 0 Å². The van der Waals surface area contributed by atoms with Crippen LogP contribution in [0, 0.1) is 12.8 Å². The Morgan fingerprint density at radius 2 is 1.61 bits per heavy atom. The molecule has 0 aliphatic rings. The van der Waals surface area contributed by atoms with Crippen molar-refractivity contribution in [2.24, 2.45) is 5.92 Å². The van der Waals surface area contributed by atoms with Crippen LogP contribution in [-0.4, -0.2) is 38.6 Å². The molecule has 2 aromatic carbocycles. The molecule has 0 bridgehead atoms. The van der Waals surface area contributed by atoms with Crippen LogP contribution in [0.4, 0.5) is 0 Å². The van der Waals surface area contributed by atoms with Crippen molar-refractivity contribution in [3.8, 4) is 11.5 Å². The van der Waals surface area contributed by atoms with Crippen LogP contribution in [0.1, 0.15) is 49.2 Å². The number of rotatable bonds is 9. The molecule has 2 amide bonds. The Morgan fingerprint density at radius 1 is 1.00 bits per heavy atom. The van der Waals surface area contributed by atoms with Crippen molar-refractivity contribution in [3.05, 3.63) is 59.2 Å². The lowest BCUT2D eigenvalue weighted by Crippen LogP contribution is -2.51. The second-order valence-corrected chi connectivity index (χ2v) is 8.77. The maximum absolute atomic E-state index is 13.0. The van der Waals surface area contributed by atoms with E-state index in [0.717, 1.165) is 5.56 Å². The predicted molar refractivity (Wildman–Crippen MR) is 123 cm³/mol. The van der Waals surface area contributed by atoms with E-state index in [1.54, 1.807) is 18.2 Å². The molecule has 0 saturated heterocycles. The number of amides is 2. The van der Waals surface area contributed by atoms with Gasteiger partial charge in [0.1, 0.15) is 17.5 Å². The first-order valence-corrected chi connectivity index (χ1v) is 10.5. The number of nitrogens with one attached hydrogen (secondary N) is 2. The van der Waals surface area contributed by atoms with Crippen LogP contribution >= 0.6 is 0 Å². The van der Waals surface area contributed by atoms with E-state index in [0.29, 0.717) is 23.6 Å². The zero-order chi connectivity index (χ0) is 23.2. The molecule has 0 radical (unpaired) electrons. The van der Waals surface area contributed by atoms with Crippen LogP contribution in [0.25, 0.3) is 0 Å². The van der Waals surface area contributed by atoms with Crippen LogP contribution in [0.5, 0.6) is 11.5 Å². The lowest BCUT2D eigenvalue weighted by atomic mass is 9.83. The second-order valence-electron chi connectivity index (χ2n) is 8.77. The molecule has 0 aliphatic carbocycles. The first kappa shape index (κ1) is 24.3. The first-order valence-electron chi connectivity index (χ1n) is 10.5. The molecule has 1 atom stereocenters. The lowest BCUT2D eigenvalue weighted by Gasteiger charge is -2.28. The molecule has 0 aliphatic heterocycles. The zero-order valence-corrected chi connectivity index (χ0v) is 19.5. The Bertz CT molecular complexity index is 899. The van der Waals surface area contributed by atoms with Crippen molar-refractivity contribution in [1.82, 2.24) is 10.6 Å². The summed E-state index contributed by atoms with van der Waals surface area (Å²) in [6, 6.07) is 12.5. The van der Waals surface area contributed by atoms with Gasteiger partial charge in [0.15, 0.2) is 0 Å². The van der Waals surface area contributed by atoms with Gasteiger partial charge in [-0.25, -0.2) is 0 Å². The smallest absolute Gasteiger partial charge is 0.252 e. The molecule has 0 saturated carbocycles. The molecule has 6 nitrogen and oxygen atoms in total. The highest BCUT2D eigenvalue weighted by atomic mass is 16.5. The Morgan fingerprint density at radius 3 is 2.13 bits per heavy atom. The maximum Gasteiger partial charge on any atom is 0.252 e. The SMILES string of the molecule is COc1cc(OC)cc(C(=O)NC(C(=O)NCC(C)(C)c2cccc(C)c2)C(C)C)c1. The average molecular weight is 427 g/mol. The zero-order valence-electron chi connectivity index (χ0n) is 19.5. The molecule has 0 fully saturated rings. The van der Waals surface area contributed by atoms with Gasteiger partial charge in [0.05, 0.1) is 14.2 Å². The molecule has 0 aromatic heterocycles. The van der Waals surface area contributed by atoms with E-state index in [2.05, 4.69) is 49.6 Å². The molecule has 0 heterocycles. The number of benzene rings is 2. The van der Waals surface area contributed by atoms with Gasteiger partial charge in [-0.1, -0.05) is 57.5 Å². The van der Waals surface area contributed by atoms with Gasteiger partial charge in [-0.15, -0.1) is 0 Å². The third-order valence-corrected chi connectivity index (χ3v) is 5.35. The van der Waals surface area contributed by atoms with Gasteiger partial charge >= 0.3 is 0 Å². The fourth-order valence-electron chi connectivity index (χ4n) is 3.28. The van der Waals surface area contributed by atoms with Crippen molar-refractivity contribution in [2.75, 3.05) is 20.8 Å². The molecule has 0 spiro atoms. The quantitative estimate of drug-likeness (QED) is 0.638. The normalized spacial score (nSPS) is 12.3. The van der Waals surface area contributed by atoms with E-state index in [9.17, 15) is 9.59 Å². The number of carbonyl (C=O) groups excluding carboxylic acids is 2. The van der Waals surface area contributed by atoms with E-state index in [1.165, 1.54) is 19.8 Å². The van der Waals surface area contributed by atoms with Crippen LogP contribution in [-0.2, 0) is 10.2 Å². The number of aryl methyl sites for hydroxylation is 1. The van der Waals surface area contributed by atoms with Crippen molar-refractivity contribution < 1.29 is 19.1 Å². The van der Waals surface area contributed by atoms with E-state index in [1.807, 2.05) is 19.9 Å². The largest absolute Gasteiger partial charge is 0.497 e. The van der Waals surface area contributed by atoms with Crippen molar-refractivity contribution >= 4 is 11.8 Å². The standard InChI is InChI=1S/C25H34N2O4/c1-16(2)22(27-23(28)18-12-20(30-6)14-21(13-18)31-7)24(29)26-15-25(4,5)19-10-8-9-17(3)11-19/h8-14,16,22H,15H2,1-7H3,(H,26,29)(H,27,28). The summed E-state index contributed by atoms with van der Waals surface area (Å²) in [4.78, 5) is 25.8. The molecule has 2 rings (SSSR count). The number of carbonyl (C=O) groups is 2. The van der Waals surface area contributed by atoms with Gasteiger partial charge in [-0.3, -0.25) is 9.59 Å². The van der Waals surface area contributed by atoms with Crippen LogP contribution in [0.15, 0.2) is 42.5 Å². The molecule has 31 heavy (non-hydrogen) atoms. The third kappa shape index (κ3) is 6.48. The molecule has 2 N–H and O–H groups in total. The molecule has 6 heteroatoms. The topological polar surface area (TPSA) is 76.7 Å². The minimum absolute atomic E-state index is 0.0847. The van der Waals surface area contributed by atoms with Crippen molar-refractivity contribution in [3.63, 3.8) is 0 Å². The number of methoxy groups -OCH3 is 2. The number of hydrogen-bond acceptors (Lipinski definition) is 4. The summed E-state index contributed by atoms with van der Waals surface area (Å²) in [6.45, 7) is 10.5. The Hall–Kier alpha value is -3.02. The number of ether oxygens (including phenoxy) is 2. The summed E-state index contributed by atoms with van der Waals surface area (Å²) in [7, 11) is 3.05. The minimum atomic E-state index is -0.669. The first-order chi connectivity index (χ1) is 14.6. The van der Waals surface area contributed by atoms with Gasteiger partial charge in [-0.05, 0) is 30.5 Å². The van der Waals surface area contributed by atoms with Gasteiger partial charge in [0, 0.05) is 23.6 Å². The summed E-state index contributed by atoms with van der Waals surface area (Å²) < 4.78 is 10.5. The summed E-state index contributed by atoms with van der Waals surface area (Å²) in [6.07, 6.45) is 0. The maximum atomic E-state index is 13.0. The van der Waals surface area contributed by atoms with E-state index >= 15 is 0 Å². The van der Waals surface area contributed by atoms with Gasteiger partial charge in [0.2, 0.25) is 5.91 Å². The number of hydrogen-bond donors (Lipinski definition) is 2. The second kappa shape index (κ2) is 10.3. The van der Waals surface area contributed by atoms with Gasteiger partial charge in [0.25, 0.3) is 5.91 Å². The molecular weight excluding hydrogens is 392 g/mol. The molecular formula is C25H34N2O4. The summed E-state index contributed by atoms with van der Waals surface area (Å²) in [5.74, 6) is 0.367. The molecule has 1 unspecified atom stereocenters.